The van der Waals surface area contributed by atoms with Gasteiger partial charge in [0.25, 0.3) is 0 Å². The number of rotatable bonds is 5. The van der Waals surface area contributed by atoms with Crippen molar-refractivity contribution in [1.29, 1.82) is 0 Å². The summed E-state index contributed by atoms with van der Waals surface area (Å²) < 4.78 is 26.7. The molecule has 1 amide bonds. The van der Waals surface area contributed by atoms with E-state index in [1.54, 1.807) is 4.90 Å². The monoisotopic (exact) mass is 529 g/mol. The van der Waals surface area contributed by atoms with Crippen LogP contribution in [0.1, 0.15) is 37.3 Å². The Bertz CT molecular complexity index is 1160. The van der Waals surface area contributed by atoms with Gasteiger partial charge in [-0.25, -0.2) is 8.78 Å². The molecule has 0 radical (unpaired) electrons. The Labute approximate surface area is 222 Å². The molecule has 3 aliphatic rings. The van der Waals surface area contributed by atoms with Crippen molar-refractivity contribution in [3.63, 3.8) is 0 Å². The molecule has 37 heavy (non-hydrogen) atoms. The summed E-state index contributed by atoms with van der Waals surface area (Å²) >= 11 is 6.19. The number of aliphatic hydroxyl groups excluding tert-OH is 1. The number of β-amino-alcohol motifs (C(OH)–C–C–N with tert-alkyl or cyclic N) is 1. The highest BCUT2D eigenvalue weighted by atomic mass is 35.5. The molecule has 2 aromatic rings. The topological polar surface area (TPSA) is 55.8 Å². The second kappa shape index (κ2) is 10.7. The second-order valence-corrected chi connectivity index (χ2v) is 11.3. The van der Waals surface area contributed by atoms with Gasteiger partial charge < -0.3 is 20.2 Å². The van der Waals surface area contributed by atoms with E-state index in [2.05, 4.69) is 23.2 Å². The van der Waals surface area contributed by atoms with Crippen molar-refractivity contribution in [1.82, 2.24) is 9.80 Å². The average Bonchev–Trinajstić information content (AvgIpc) is 3.23. The summed E-state index contributed by atoms with van der Waals surface area (Å²) in [6.07, 6.45) is 4.88. The normalized spacial score (nSPS) is 25.4. The molecule has 5 nitrogen and oxygen atoms in total. The average molecular weight is 530 g/mol. The third-order valence-electron chi connectivity index (χ3n) is 8.61. The fraction of sp³-hybridized carbons (Fsp3) is 0.483. The third kappa shape index (κ3) is 5.54. The number of carbonyl (C=O) groups excluding carboxylic acids is 1. The van der Waals surface area contributed by atoms with Crippen LogP contribution in [0.5, 0.6) is 0 Å². The van der Waals surface area contributed by atoms with Crippen LogP contribution < -0.4 is 5.32 Å². The van der Waals surface area contributed by atoms with Crippen LogP contribution in [0.15, 0.2) is 42.5 Å². The molecule has 2 saturated heterocycles. The molecule has 0 bridgehead atoms. The van der Waals surface area contributed by atoms with Crippen molar-refractivity contribution in [3.05, 3.63) is 70.3 Å². The van der Waals surface area contributed by atoms with Gasteiger partial charge in [0.15, 0.2) is 0 Å². The first-order valence-electron chi connectivity index (χ1n) is 13.1. The maximum absolute atomic E-state index is 13.4. The number of amides is 1. The SMILES string of the molecule is CC1CN(C[C@@H](O)C2CCN(C(=O)C=Cc3cc(F)cc(F)c3)CC2)CCC12CNc1cc(Cl)ccc12. The van der Waals surface area contributed by atoms with Crippen LogP contribution in [0.2, 0.25) is 5.02 Å². The number of nitrogens with one attached hydrogen (secondary N) is 1. The molecule has 2 fully saturated rings. The fourth-order valence-corrected chi connectivity index (χ4v) is 6.57. The van der Waals surface area contributed by atoms with Crippen LogP contribution in [-0.2, 0) is 10.2 Å². The molecule has 3 aliphatic heterocycles. The summed E-state index contributed by atoms with van der Waals surface area (Å²) in [5, 5.41) is 15.3. The first kappa shape index (κ1) is 26.1. The van der Waals surface area contributed by atoms with E-state index in [0.717, 1.165) is 55.7 Å². The van der Waals surface area contributed by atoms with Crippen molar-refractivity contribution in [2.45, 2.75) is 37.7 Å². The van der Waals surface area contributed by atoms with Crippen molar-refractivity contribution < 1.29 is 18.7 Å². The Morgan fingerprint density at radius 2 is 1.92 bits per heavy atom. The molecule has 198 valence electrons. The molecule has 8 heteroatoms. The quantitative estimate of drug-likeness (QED) is 0.539. The highest BCUT2D eigenvalue weighted by molar-refractivity contribution is 6.30. The Morgan fingerprint density at radius 3 is 2.62 bits per heavy atom. The maximum Gasteiger partial charge on any atom is 0.246 e. The zero-order valence-electron chi connectivity index (χ0n) is 21.1. The van der Waals surface area contributed by atoms with Crippen molar-refractivity contribution in [3.8, 4) is 0 Å². The van der Waals surface area contributed by atoms with E-state index in [1.165, 1.54) is 29.8 Å². The van der Waals surface area contributed by atoms with E-state index in [4.69, 9.17) is 11.6 Å². The molecule has 0 aromatic heterocycles. The number of nitrogens with zero attached hydrogens (tertiary/aromatic N) is 2. The van der Waals surface area contributed by atoms with Gasteiger partial charge in [0.05, 0.1) is 6.10 Å². The Morgan fingerprint density at radius 1 is 1.19 bits per heavy atom. The summed E-state index contributed by atoms with van der Waals surface area (Å²) in [5.41, 5.74) is 2.93. The van der Waals surface area contributed by atoms with Crippen LogP contribution in [0.25, 0.3) is 6.08 Å². The van der Waals surface area contributed by atoms with Gasteiger partial charge in [0, 0.05) is 61.0 Å². The fourth-order valence-electron chi connectivity index (χ4n) is 6.39. The van der Waals surface area contributed by atoms with Crippen molar-refractivity contribution in [2.24, 2.45) is 11.8 Å². The highest BCUT2D eigenvalue weighted by Gasteiger charge is 2.46. The largest absolute Gasteiger partial charge is 0.392 e. The number of likely N-dealkylation sites (tertiary alicyclic amines) is 2. The van der Waals surface area contributed by atoms with E-state index < -0.39 is 17.7 Å². The van der Waals surface area contributed by atoms with E-state index in [1.807, 2.05) is 12.1 Å². The minimum absolute atomic E-state index is 0.109. The Kier molecular flexibility index (Phi) is 7.57. The lowest BCUT2D eigenvalue weighted by atomic mass is 9.67. The predicted octanol–water partition coefficient (Wildman–Crippen LogP) is 4.94. The molecule has 0 aliphatic carbocycles. The van der Waals surface area contributed by atoms with Gasteiger partial charge in [-0.05, 0) is 79.1 Å². The lowest BCUT2D eigenvalue weighted by Gasteiger charge is -2.46. The van der Waals surface area contributed by atoms with Crippen molar-refractivity contribution in [2.75, 3.05) is 44.6 Å². The number of anilines is 1. The molecule has 5 rings (SSSR count). The summed E-state index contributed by atoms with van der Waals surface area (Å²) in [6, 6.07) is 9.35. The lowest BCUT2D eigenvalue weighted by Crippen LogP contribution is -2.52. The van der Waals surface area contributed by atoms with Crippen LogP contribution in [-0.4, -0.2) is 66.2 Å². The number of halogens is 3. The van der Waals surface area contributed by atoms with Crippen LogP contribution in [0.4, 0.5) is 14.5 Å². The number of hydrogen-bond donors (Lipinski definition) is 2. The molecule has 3 atom stereocenters. The summed E-state index contributed by atoms with van der Waals surface area (Å²) in [4.78, 5) is 16.7. The predicted molar refractivity (Wildman–Crippen MR) is 143 cm³/mol. The molecule has 0 saturated carbocycles. The van der Waals surface area contributed by atoms with Gasteiger partial charge in [-0.1, -0.05) is 24.6 Å². The number of carbonyl (C=O) groups is 1. The number of benzene rings is 2. The van der Waals surface area contributed by atoms with Crippen molar-refractivity contribution >= 4 is 29.3 Å². The standard InChI is InChI=1S/C29H34ClF2N3O2/c1-19-16-34(11-8-29(19)18-33-26-14-22(30)3-4-25(26)29)17-27(36)21-6-9-35(10-7-21)28(37)5-2-20-12-23(31)15-24(32)13-20/h2-5,12-15,19,21,27,33,36H,6-11,16-18H2,1H3/t19?,27-,29?/m1/s1. The zero-order valence-corrected chi connectivity index (χ0v) is 21.9. The molecule has 2 aromatic carbocycles. The maximum atomic E-state index is 13.4. The summed E-state index contributed by atoms with van der Waals surface area (Å²) in [6.45, 7) is 6.87. The first-order chi connectivity index (χ1) is 17.7. The number of hydrogen-bond acceptors (Lipinski definition) is 4. The molecule has 2 N–H and O–H groups in total. The second-order valence-electron chi connectivity index (χ2n) is 10.9. The number of piperidine rings is 2. The number of aliphatic hydroxyl groups is 1. The highest BCUT2D eigenvalue weighted by Crippen LogP contribution is 2.47. The minimum Gasteiger partial charge on any atom is -0.392 e. The number of fused-ring (bicyclic) bond motifs is 2. The molecular weight excluding hydrogens is 496 g/mol. The summed E-state index contributed by atoms with van der Waals surface area (Å²) in [7, 11) is 0. The smallest absolute Gasteiger partial charge is 0.246 e. The van der Waals surface area contributed by atoms with Crippen LogP contribution in [0, 0.1) is 23.5 Å². The van der Waals surface area contributed by atoms with Gasteiger partial charge in [-0.15, -0.1) is 0 Å². The van der Waals surface area contributed by atoms with Gasteiger partial charge in [-0.3, -0.25) is 4.79 Å². The Balaban J connectivity index is 1.11. The van der Waals surface area contributed by atoms with Gasteiger partial charge in [-0.2, -0.15) is 0 Å². The Hall–Kier alpha value is -2.48. The van der Waals surface area contributed by atoms with Gasteiger partial charge in [0.1, 0.15) is 11.6 Å². The summed E-state index contributed by atoms with van der Waals surface area (Å²) in [5.74, 6) is -0.933. The lowest BCUT2D eigenvalue weighted by molar-refractivity contribution is -0.128. The van der Waals surface area contributed by atoms with Crippen LogP contribution >= 0.6 is 11.6 Å². The molecule has 2 unspecified atom stereocenters. The molecule has 1 spiro atoms. The van der Waals surface area contributed by atoms with Crippen LogP contribution in [0.3, 0.4) is 0 Å². The minimum atomic E-state index is -0.671. The molecular formula is C29H34ClF2N3O2. The van der Waals surface area contributed by atoms with E-state index in [9.17, 15) is 18.7 Å². The van der Waals surface area contributed by atoms with E-state index in [0.29, 0.717) is 31.1 Å². The zero-order chi connectivity index (χ0) is 26.2. The third-order valence-corrected chi connectivity index (χ3v) is 8.84. The van der Waals surface area contributed by atoms with Gasteiger partial charge >= 0.3 is 0 Å². The molecule has 3 heterocycles. The first-order valence-corrected chi connectivity index (χ1v) is 13.5. The van der Waals surface area contributed by atoms with E-state index in [-0.39, 0.29) is 17.2 Å². The van der Waals surface area contributed by atoms with E-state index >= 15 is 0 Å². The van der Waals surface area contributed by atoms with Gasteiger partial charge in [0.2, 0.25) is 5.91 Å².